The van der Waals surface area contributed by atoms with Gasteiger partial charge in [-0.3, -0.25) is 4.90 Å². The Hall–Kier alpha value is -2.43. The fourth-order valence-electron chi connectivity index (χ4n) is 4.22. The summed E-state index contributed by atoms with van der Waals surface area (Å²) in [5, 5.41) is 11.1. The zero-order chi connectivity index (χ0) is 20.4. The van der Waals surface area contributed by atoms with Crippen LogP contribution in [0.25, 0.3) is 11.5 Å². The molecule has 0 amide bonds. The first-order valence-corrected chi connectivity index (χ1v) is 10.4. The van der Waals surface area contributed by atoms with Crippen molar-refractivity contribution in [3.63, 3.8) is 0 Å². The summed E-state index contributed by atoms with van der Waals surface area (Å²) in [5.74, 6) is 1.58. The van der Waals surface area contributed by atoms with Crippen molar-refractivity contribution in [2.45, 2.75) is 52.2 Å². The van der Waals surface area contributed by atoms with Crippen LogP contribution in [0.5, 0.6) is 0 Å². The molecule has 4 rings (SSSR count). The van der Waals surface area contributed by atoms with Crippen LogP contribution in [0.2, 0.25) is 0 Å². The van der Waals surface area contributed by atoms with Crippen LogP contribution in [0, 0.1) is 20.8 Å². The number of aromatic nitrogens is 1. The van der Waals surface area contributed by atoms with Crippen molar-refractivity contribution in [3.8, 4) is 11.5 Å². The highest BCUT2D eigenvalue weighted by molar-refractivity contribution is 5.58. The Balaban J connectivity index is 1.39. The summed E-state index contributed by atoms with van der Waals surface area (Å²) in [6.45, 7) is 8.67. The summed E-state index contributed by atoms with van der Waals surface area (Å²) >= 11 is 0. The van der Waals surface area contributed by atoms with Gasteiger partial charge in [-0.2, -0.15) is 0 Å². The first-order chi connectivity index (χ1) is 13.9. The van der Waals surface area contributed by atoms with E-state index in [0.717, 1.165) is 55.9 Å². The zero-order valence-electron chi connectivity index (χ0n) is 17.6. The van der Waals surface area contributed by atoms with Gasteiger partial charge in [0.1, 0.15) is 5.76 Å². The number of aliphatic hydroxyl groups is 1. The molecule has 1 aliphatic rings. The normalized spacial score (nSPS) is 16.8. The zero-order valence-corrected chi connectivity index (χ0v) is 17.6. The van der Waals surface area contributed by atoms with Gasteiger partial charge in [0.05, 0.1) is 11.3 Å². The number of rotatable bonds is 5. The highest BCUT2D eigenvalue weighted by Gasteiger charge is 2.33. The molecule has 152 valence electrons. The molecular weight excluding hydrogens is 360 g/mol. The van der Waals surface area contributed by atoms with E-state index in [1.54, 1.807) is 0 Å². The van der Waals surface area contributed by atoms with Crippen molar-refractivity contribution in [1.82, 2.24) is 9.88 Å². The maximum atomic E-state index is 11.1. The number of hydrogen-bond donors (Lipinski definition) is 1. The van der Waals surface area contributed by atoms with E-state index in [4.69, 9.17) is 9.40 Å². The predicted molar refractivity (Wildman–Crippen MR) is 116 cm³/mol. The van der Waals surface area contributed by atoms with Gasteiger partial charge < -0.3 is 9.52 Å². The molecule has 29 heavy (non-hydrogen) atoms. The van der Waals surface area contributed by atoms with Gasteiger partial charge in [-0.05, 0) is 50.8 Å². The van der Waals surface area contributed by atoms with Crippen molar-refractivity contribution in [1.29, 1.82) is 0 Å². The lowest BCUT2D eigenvalue weighted by atomic mass is 9.85. The van der Waals surface area contributed by atoms with E-state index in [9.17, 15) is 5.11 Å². The predicted octanol–water partition coefficient (Wildman–Crippen LogP) is 4.84. The number of aryl methyl sites for hydroxylation is 3. The molecule has 1 saturated heterocycles. The molecule has 0 radical (unpaired) electrons. The Bertz CT molecular complexity index is 984. The Morgan fingerprint density at radius 1 is 1.03 bits per heavy atom. The van der Waals surface area contributed by atoms with Crippen molar-refractivity contribution < 1.29 is 9.52 Å². The van der Waals surface area contributed by atoms with Crippen LogP contribution < -0.4 is 0 Å². The van der Waals surface area contributed by atoms with Gasteiger partial charge in [0.2, 0.25) is 5.89 Å². The highest BCUT2D eigenvalue weighted by Crippen LogP contribution is 2.29. The maximum Gasteiger partial charge on any atom is 0.226 e. The maximum absolute atomic E-state index is 11.1. The summed E-state index contributed by atoms with van der Waals surface area (Å²) < 4.78 is 5.97. The van der Waals surface area contributed by atoms with Crippen LogP contribution in [-0.2, 0) is 13.0 Å². The minimum absolute atomic E-state index is 0.616. The van der Waals surface area contributed by atoms with Crippen molar-refractivity contribution in [3.05, 3.63) is 76.7 Å². The minimum Gasteiger partial charge on any atom is -0.441 e. The molecule has 4 nitrogen and oxygen atoms in total. The number of hydrogen-bond acceptors (Lipinski definition) is 4. The van der Waals surface area contributed by atoms with Crippen molar-refractivity contribution >= 4 is 0 Å². The Labute approximate surface area is 173 Å². The van der Waals surface area contributed by atoms with Gasteiger partial charge in [-0.25, -0.2) is 4.98 Å². The lowest BCUT2D eigenvalue weighted by Crippen LogP contribution is -2.45. The Morgan fingerprint density at radius 3 is 2.52 bits per heavy atom. The lowest BCUT2D eigenvalue weighted by molar-refractivity contribution is -0.0227. The molecule has 0 aliphatic carbocycles. The number of benzene rings is 2. The number of oxazole rings is 1. The second kappa shape index (κ2) is 8.13. The van der Waals surface area contributed by atoms with Gasteiger partial charge in [-0.15, -0.1) is 0 Å². The van der Waals surface area contributed by atoms with Crippen molar-refractivity contribution in [2.24, 2.45) is 0 Å². The second-order valence-electron chi connectivity index (χ2n) is 8.50. The van der Waals surface area contributed by atoms with Crippen LogP contribution in [0.1, 0.15) is 41.0 Å². The van der Waals surface area contributed by atoms with Crippen LogP contribution in [0.4, 0.5) is 0 Å². The molecule has 4 heteroatoms. The summed E-state index contributed by atoms with van der Waals surface area (Å²) in [4.78, 5) is 7.15. The second-order valence-corrected chi connectivity index (χ2v) is 8.50. The molecule has 0 saturated carbocycles. The summed E-state index contributed by atoms with van der Waals surface area (Å²) in [5.41, 5.74) is 5.06. The minimum atomic E-state index is -0.616. The molecule has 0 spiro atoms. The molecule has 0 bridgehead atoms. The molecule has 2 aromatic carbocycles. The number of nitrogens with zero attached hydrogens (tertiary/aromatic N) is 2. The average molecular weight is 391 g/mol. The van der Waals surface area contributed by atoms with Gasteiger partial charge >= 0.3 is 0 Å². The van der Waals surface area contributed by atoms with Gasteiger partial charge in [-0.1, -0.05) is 48.0 Å². The Morgan fingerprint density at radius 2 is 1.79 bits per heavy atom. The van der Waals surface area contributed by atoms with E-state index in [0.29, 0.717) is 5.89 Å². The summed E-state index contributed by atoms with van der Waals surface area (Å²) in [6.07, 6.45) is 2.29. The van der Waals surface area contributed by atoms with E-state index >= 15 is 0 Å². The average Bonchev–Trinajstić information content (AvgIpc) is 3.04. The lowest BCUT2D eigenvalue weighted by Gasteiger charge is -2.38. The molecule has 2 heterocycles. The van der Waals surface area contributed by atoms with E-state index < -0.39 is 5.60 Å². The Kier molecular flexibility index (Phi) is 5.57. The highest BCUT2D eigenvalue weighted by atomic mass is 16.4. The van der Waals surface area contributed by atoms with Crippen LogP contribution in [0.15, 0.2) is 52.9 Å². The fourth-order valence-corrected chi connectivity index (χ4v) is 4.22. The van der Waals surface area contributed by atoms with Gasteiger partial charge in [0.25, 0.3) is 0 Å². The first-order valence-electron chi connectivity index (χ1n) is 10.4. The van der Waals surface area contributed by atoms with E-state index in [1.807, 2.05) is 19.1 Å². The van der Waals surface area contributed by atoms with E-state index in [-0.39, 0.29) is 0 Å². The topological polar surface area (TPSA) is 49.5 Å². The molecule has 0 atom stereocenters. The van der Waals surface area contributed by atoms with Crippen LogP contribution in [-0.4, -0.2) is 33.7 Å². The van der Waals surface area contributed by atoms with Crippen LogP contribution >= 0.6 is 0 Å². The molecule has 1 aromatic heterocycles. The first kappa shape index (κ1) is 19.9. The molecular formula is C25H30N2O2. The monoisotopic (exact) mass is 390 g/mol. The largest absolute Gasteiger partial charge is 0.441 e. The van der Waals surface area contributed by atoms with Gasteiger partial charge in [0.15, 0.2) is 0 Å². The van der Waals surface area contributed by atoms with Crippen LogP contribution in [0.3, 0.4) is 0 Å². The molecule has 1 aliphatic heterocycles. The number of piperidine rings is 1. The third-order valence-corrected chi connectivity index (χ3v) is 6.04. The summed E-state index contributed by atoms with van der Waals surface area (Å²) in [6, 6.07) is 16.6. The number of likely N-dealkylation sites (tertiary alicyclic amines) is 1. The molecule has 1 N–H and O–H groups in total. The quantitative estimate of drug-likeness (QED) is 0.677. The molecule has 0 unspecified atom stereocenters. The SMILES string of the molecule is Cc1cccc(CC2(O)CCN(Cc3nc(-c4ccccc4C)oc3C)CC2)c1. The van der Waals surface area contributed by atoms with Crippen molar-refractivity contribution in [2.75, 3.05) is 13.1 Å². The molecule has 1 fully saturated rings. The van der Waals surface area contributed by atoms with E-state index in [2.05, 4.69) is 55.1 Å². The molecule has 3 aromatic rings. The van der Waals surface area contributed by atoms with E-state index in [1.165, 1.54) is 16.7 Å². The third kappa shape index (κ3) is 4.60. The fraction of sp³-hybridized carbons (Fsp3) is 0.400. The third-order valence-electron chi connectivity index (χ3n) is 6.04. The van der Waals surface area contributed by atoms with Gasteiger partial charge in [0, 0.05) is 31.6 Å². The standard InChI is InChI=1S/C25H30N2O2/c1-18-7-6-9-21(15-18)16-25(28)11-13-27(14-12-25)17-23-20(3)29-24(26-23)22-10-5-4-8-19(22)2/h4-10,15,28H,11-14,16-17H2,1-3H3. The smallest absolute Gasteiger partial charge is 0.226 e. The summed E-state index contributed by atoms with van der Waals surface area (Å²) in [7, 11) is 0.